The molecule has 1 aliphatic rings. The van der Waals surface area contributed by atoms with Gasteiger partial charge in [-0.3, -0.25) is 0 Å². The largest absolute Gasteiger partial charge is 0.415 e. The van der Waals surface area contributed by atoms with E-state index in [-0.39, 0.29) is 0 Å². The monoisotopic (exact) mass is 428 g/mol. The van der Waals surface area contributed by atoms with Crippen LogP contribution in [0.2, 0.25) is 6.04 Å². The van der Waals surface area contributed by atoms with E-state index in [0.717, 1.165) is 6.61 Å². The van der Waals surface area contributed by atoms with E-state index in [4.69, 9.17) is 4.43 Å². The van der Waals surface area contributed by atoms with Gasteiger partial charge in [0.15, 0.2) is 0 Å². The lowest BCUT2D eigenvalue weighted by Crippen LogP contribution is -2.36. The Kier molecular flexibility index (Phi) is 4.11. The predicted octanol–water partition coefficient (Wildman–Crippen LogP) is 7.19. The molecule has 0 bridgehead atoms. The molecule has 7 rings (SSSR count). The van der Waals surface area contributed by atoms with Gasteiger partial charge in [-0.05, 0) is 108 Å². The molecule has 2 heteroatoms. The molecule has 1 fully saturated rings. The number of rotatable bonds is 1. The summed E-state index contributed by atoms with van der Waals surface area (Å²) in [6.07, 6.45) is 2.52. The first-order valence-corrected chi connectivity index (χ1v) is 13.5. The van der Waals surface area contributed by atoms with E-state index >= 15 is 0 Å². The Bertz CT molecular complexity index is 1660. The Morgan fingerprint density at radius 2 is 1.12 bits per heavy atom. The summed E-state index contributed by atoms with van der Waals surface area (Å²) < 4.78 is 6.31. The SMILES string of the molecule is c1ccc2cc3cc4c(ccc5cc6cccc([SiH]7CCCCO7)c6cc54)cc3cc2c1. The van der Waals surface area contributed by atoms with Crippen LogP contribution in [0, 0.1) is 0 Å². The summed E-state index contributed by atoms with van der Waals surface area (Å²) in [6.45, 7) is 0.934. The molecule has 0 saturated carbocycles. The summed E-state index contributed by atoms with van der Waals surface area (Å²) in [7, 11) is -1.35. The minimum absolute atomic E-state index is 0.934. The highest BCUT2D eigenvalue weighted by Crippen LogP contribution is 2.33. The van der Waals surface area contributed by atoms with Crippen LogP contribution < -0.4 is 5.19 Å². The van der Waals surface area contributed by atoms with E-state index in [2.05, 4.69) is 91.0 Å². The molecule has 32 heavy (non-hydrogen) atoms. The minimum atomic E-state index is -1.35. The van der Waals surface area contributed by atoms with Crippen molar-refractivity contribution in [2.75, 3.05) is 6.61 Å². The predicted molar refractivity (Wildman–Crippen MR) is 141 cm³/mol. The first kappa shape index (κ1) is 18.4. The Hall–Kier alpha value is -3.20. The Balaban J connectivity index is 1.53. The standard InChI is InChI=1S/C30H24OSi/c1-2-7-21-15-26-18-27-24(17-25(26)14-20(21)6-1)11-10-23-16-22-8-5-9-30(29(22)19-28(23)27)32-13-4-3-12-31-32/h1-2,5-11,14-19,32H,3-4,12-13H2. The van der Waals surface area contributed by atoms with E-state index < -0.39 is 9.04 Å². The lowest BCUT2D eigenvalue weighted by Gasteiger charge is -2.23. The van der Waals surface area contributed by atoms with Crippen molar-refractivity contribution in [3.63, 3.8) is 0 Å². The lowest BCUT2D eigenvalue weighted by molar-refractivity contribution is 0.295. The smallest absolute Gasteiger partial charge is 0.208 e. The highest BCUT2D eigenvalue weighted by Gasteiger charge is 2.21. The first-order chi connectivity index (χ1) is 15.8. The van der Waals surface area contributed by atoms with Crippen molar-refractivity contribution in [2.45, 2.75) is 18.9 Å². The van der Waals surface area contributed by atoms with Crippen molar-refractivity contribution < 1.29 is 4.43 Å². The van der Waals surface area contributed by atoms with Gasteiger partial charge in [0.1, 0.15) is 0 Å². The van der Waals surface area contributed by atoms with Crippen LogP contribution in [0.25, 0.3) is 53.9 Å². The molecule has 1 atom stereocenters. The molecule has 0 radical (unpaired) electrons. The maximum absolute atomic E-state index is 6.31. The summed E-state index contributed by atoms with van der Waals surface area (Å²) in [6, 6.07) is 35.5. The van der Waals surface area contributed by atoms with Crippen molar-refractivity contribution in [1.29, 1.82) is 0 Å². The molecule has 0 N–H and O–H groups in total. The average Bonchev–Trinajstić information content (AvgIpc) is 2.85. The fraction of sp³-hybridized carbons (Fsp3) is 0.133. The van der Waals surface area contributed by atoms with Gasteiger partial charge >= 0.3 is 0 Å². The van der Waals surface area contributed by atoms with E-state index in [0.29, 0.717) is 0 Å². The number of hydrogen-bond acceptors (Lipinski definition) is 1. The molecule has 6 aromatic carbocycles. The van der Waals surface area contributed by atoms with E-state index in [1.807, 2.05) is 0 Å². The Morgan fingerprint density at radius 3 is 1.88 bits per heavy atom. The van der Waals surface area contributed by atoms with Crippen LogP contribution in [-0.4, -0.2) is 15.6 Å². The molecule has 154 valence electrons. The van der Waals surface area contributed by atoms with Crippen LogP contribution in [0.5, 0.6) is 0 Å². The Morgan fingerprint density at radius 1 is 0.500 bits per heavy atom. The van der Waals surface area contributed by atoms with Gasteiger partial charge in [-0.15, -0.1) is 0 Å². The summed E-state index contributed by atoms with van der Waals surface area (Å²) in [5.74, 6) is 0. The van der Waals surface area contributed by atoms with Crippen LogP contribution in [0.15, 0.2) is 91.0 Å². The van der Waals surface area contributed by atoms with Crippen LogP contribution >= 0.6 is 0 Å². The van der Waals surface area contributed by atoms with Crippen molar-refractivity contribution >= 4 is 68.1 Å². The van der Waals surface area contributed by atoms with E-state index in [1.165, 1.54) is 77.9 Å². The highest BCUT2D eigenvalue weighted by molar-refractivity contribution is 6.70. The minimum Gasteiger partial charge on any atom is -0.415 e. The van der Waals surface area contributed by atoms with Crippen LogP contribution in [0.4, 0.5) is 0 Å². The molecule has 6 aromatic rings. The zero-order valence-corrected chi connectivity index (χ0v) is 19.1. The van der Waals surface area contributed by atoms with Gasteiger partial charge in [0.05, 0.1) is 0 Å². The van der Waals surface area contributed by atoms with Gasteiger partial charge in [0.25, 0.3) is 0 Å². The van der Waals surface area contributed by atoms with Crippen molar-refractivity contribution in [2.24, 2.45) is 0 Å². The second-order valence-corrected chi connectivity index (χ2v) is 11.7. The van der Waals surface area contributed by atoms with Crippen LogP contribution in [0.3, 0.4) is 0 Å². The zero-order chi connectivity index (χ0) is 21.1. The summed E-state index contributed by atoms with van der Waals surface area (Å²) in [4.78, 5) is 0. The molecule has 1 unspecified atom stereocenters. The lowest BCUT2D eigenvalue weighted by atomic mass is 9.95. The summed E-state index contributed by atoms with van der Waals surface area (Å²) in [5.41, 5.74) is 0. The molecule has 0 spiro atoms. The normalized spacial score (nSPS) is 17.1. The topological polar surface area (TPSA) is 9.23 Å². The fourth-order valence-electron chi connectivity index (χ4n) is 5.57. The highest BCUT2D eigenvalue weighted by atomic mass is 28.3. The van der Waals surface area contributed by atoms with Gasteiger partial charge in [0, 0.05) is 6.61 Å². The van der Waals surface area contributed by atoms with Gasteiger partial charge in [-0.1, -0.05) is 61.0 Å². The number of hydrogen-bond donors (Lipinski definition) is 0. The second-order valence-electron chi connectivity index (χ2n) is 9.18. The molecule has 1 saturated heterocycles. The molecular formula is C30H24OSi. The number of fused-ring (bicyclic) bond motifs is 6. The van der Waals surface area contributed by atoms with Crippen molar-refractivity contribution in [1.82, 2.24) is 0 Å². The molecule has 1 aliphatic heterocycles. The average molecular weight is 429 g/mol. The molecule has 0 aromatic heterocycles. The van der Waals surface area contributed by atoms with E-state index in [1.54, 1.807) is 0 Å². The Labute approximate surface area is 189 Å². The van der Waals surface area contributed by atoms with Crippen molar-refractivity contribution in [3.8, 4) is 0 Å². The van der Waals surface area contributed by atoms with Gasteiger partial charge in [-0.2, -0.15) is 0 Å². The molecule has 1 heterocycles. The van der Waals surface area contributed by atoms with Crippen LogP contribution in [0.1, 0.15) is 12.8 Å². The fourth-order valence-corrected chi connectivity index (χ4v) is 8.26. The van der Waals surface area contributed by atoms with E-state index in [9.17, 15) is 0 Å². The van der Waals surface area contributed by atoms with Crippen molar-refractivity contribution in [3.05, 3.63) is 91.0 Å². The van der Waals surface area contributed by atoms with Crippen LogP contribution in [-0.2, 0) is 4.43 Å². The number of benzene rings is 6. The quantitative estimate of drug-likeness (QED) is 0.153. The third-order valence-corrected chi connectivity index (χ3v) is 9.98. The zero-order valence-electron chi connectivity index (χ0n) is 18.0. The molecule has 0 aliphatic carbocycles. The summed E-state index contributed by atoms with van der Waals surface area (Å²) in [5, 5.41) is 14.7. The van der Waals surface area contributed by atoms with Gasteiger partial charge < -0.3 is 4.43 Å². The molecule has 0 amide bonds. The summed E-state index contributed by atoms with van der Waals surface area (Å²) >= 11 is 0. The maximum atomic E-state index is 6.31. The second kappa shape index (κ2) is 7.16. The van der Waals surface area contributed by atoms with Gasteiger partial charge in [0.2, 0.25) is 9.04 Å². The first-order valence-electron chi connectivity index (χ1n) is 11.7. The molecular weight excluding hydrogens is 404 g/mol. The third kappa shape index (κ3) is 2.87. The third-order valence-electron chi connectivity index (χ3n) is 7.22. The van der Waals surface area contributed by atoms with Gasteiger partial charge in [-0.25, -0.2) is 0 Å². The maximum Gasteiger partial charge on any atom is 0.208 e. The molecule has 1 nitrogen and oxygen atoms in total.